The van der Waals surface area contributed by atoms with Crippen LogP contribution in [0.5, 0.6) is 0 Å². The molecular formula is C19H15ClN4O4S. The molecule has 0 aliphatic heterocycles. The molecule has 0 saturated heterocycles. The molecule has 0 radical (unpaired) electrons. The fourth-order valence-electron chi connectivity index (χ4n) is 2.73. The lowest BCUT2D eigenvalue weighted by atomic mass is 10.2. The molecule has 2 aromatic carbocycles. The van der Waals surface area contributed by atoms with Crippen LogP contribution in [0.2, 0.25) is 5.02 Å². The van der Waals surface area contributed by atoms with Crippen LogP contribution in [0, 0.1) is 10.1 Å². The summed E-state index contributed by atoms with van der Waals surface area (Å²) in [5.41, 5.74) is 0.841. The molecule has 0 saturated carbocycles. The Morgan fingerprint density at radius 1 is 1.34 bits per heavy atom. The molecule has 10 heteroatoms. The van der Waals surface area contributed by atoms with E-state index >= 15 is 0 Å². The van der Waals surface area contributed by atoms with Crippen LogP contribution in [0.4, 0.5) is 11.4 Å². The summed E-state index contributed by atoms with van der Waals surface area (Å²) >= 11 is 7.13. The zero-order valence-electron chi connectivity index (χ0n) is 15.2. The number of nitrogens with one attached hydrogen (secondary N) is 1. The van der Waals surface area contributed by atoms with Crippen LogP contribution in [-0.2, 0) is 11.3 Å². The molecule has 1 heterocycles. The van der Waals surface area contributed by atoms with Gasteiger partial charge in [0, 0.05) is 30.2 Å². The average Bonchev–Trinajstić information content (AvgIpc) is 2.97. The molecule has 1 aromatic heterocycles. The largest absolute Gasteiger partial charge is 0.326 e. The van der Waals surface area contributed by atoms with Crippen molar-refractivity contribution in [1.29, 1.82) is 0 Å². The summed E-state index contributed by atoms with van der Waals surface area (Å²) in [6, 6.07) is 9.05. The highest BCUT2D eigenvalue weighted by Crippen LogP contribution is 2.25. The summed E-state index contributed by atoms with van der Waals surface area (Å²) < 4.78 is 2.55. The molecule has 0 aliphatic rings. The predicted molar refractivity (Wildman–Crippen MR) is 112 cm³/mol. The molecule has 0 unspecified atom stereocenters. The summed E-state index contributed by atoms with van der Waals surface area (Å²) in [4.78, 5) is 39.0. The number of amides is 2. The van der Waals surface area contributed by atoms with E-state index in [-0.39, 0.29) is 22.2 Å². The first kappa shape index (κ1) is 20.4. The van der Waals surface area contributed by atoms with Gasteiger partial charge in [0.1, 0.15) is 5.56 Å². The summed E-state index contributed by atoms with van der Waals surface area (Å²) in [7, 11) is 0. The highest BCUT2D eigenvalue weighted by molar-refractivity contribution is 7.16. The molecular weight excluding hydrogens is 416 g/mol. The number of carbonyl (C=O) groups is 2. The van der Waals surface area contributed by atoms with Crippen LogP contribution >= 0.6 is 22.9 Å². The standard InChI is InChI=1S/C19H15ClN4O4S/c1-3-8-23-16-7-5-13(21-11(2)25)10-17(16)29-19(23)22-18(26)14-9-12(20)4-6-15(14)24(27)28/h3-7,9-10H,1,8H2,2H3,(H,21,25). The Morgan fingerprint density at radius 3 is 2.76 bits per heavy atom. The normalized spacial score (nSPS) is 11.4. The lowest BCUT2D eigenvalue weighted by Crippen LogP contribution is -2.16. The molecule has 0 atom stereocenters. The number of halogens is 1. The maximum Gasteiger partial charge on any atom is 0.286 e. The molecule has 1 N–H and O–H groups in total. The van der Waals surface area contributed by atoms with E-state index in [9.17, 15) is 19.7 Å². The topological polar surface area (TPSA) is 107 Å². The number of rotatable bonds is 5. The quantitative estimate of drug-likeness (QED) is 0.372. The zero-order chi connectivity index (χ0) is 21.1. The first-order chi connectivity index (χ1) is 13.8. The SMILES string of the molecule is C=CCn1c(=NC(=O)c2cc(Cl)ccc2[N+](=O)[O-])sc2cc(NC(C)=O)ccc21. The minimum Gasteiger partial charge on any atom is -0.326 e. The number of hydrogen-bond acceptors (Lipinski definition) is 5. The Bertz CT molecular complexity index is 1230. The van der Waals surface area contributed by atoms with Gasteiger partial charge in [0.25, 0.3) is 11.6 Å². The summed E-state index contributed by atoms with van der Waals surface area (Å²) in [6.07, 6.45) is 1.65. The van der Waals surface area contributed by atoms with E-state index in [4.69, 9.17) is 11.6 Å². The number of aromatic nitrogens is 1. The van der Waals surface area contributed by atoms with Gasteiger partial charge in [-0.15, -0.1) is 6.58 Å². The van der Waals surface area contributed by atoms with Crippen LogP contribution in [-0.4, -0.2) is 21.3 Å². The van der Waals surface area contributed by atoms with E-state index in [1.54, 1.807) is 28.8 Å². The molecule has 3 aromatic rings. The fourth-order valence-corrected chi connectivity index (χ4v) is 3.98. The van der Waals surface area contributed by atoms with Gasteiger partial charge in [-0.05, 0) is 30.3 Å². The van der Waals surface area contributed by atoms with Crippen molar-refractivity contribution in [2.75, 3.05) is 5.32 Å². The van der Waals surface area contributed by atoms with E-state index in [1.807, 2.05) is 0 Å². The highest BCUT2D eigenvalue weighted by atomic mass is 35.5. The fraction of sp³-hybridized carbons (Fsp3) is 0.105. The highest BCUT2D eigenvalue weighted by Gasteiger charge is 2.20. The molecule has 3 rings (SSSR count). The number of fused-ring (bicyclic) bond motifs is 1. The van der Waals surface area contributed by atoms with Crippen LogP contribution in [0.15, 0.2) is 54.0 Å². The number of allylic oxidation sites excluding steroid dienone is 1. The molecule has 8 nitrogen and oxygen atoms in total. The number of nitro groups is 1. The molecule has 0 aliphatic carbocycles. The second kappa shape index (κ2) is 8.38. The number of anilines is 1. The first-order valence-corrected chi connectivity index (χ1v) is 9.54. The molecule has 2 amide bonds. The second-order valence-corrected chi connectivity index (χ2v) is 7.43. The Balaban J connectivity index is 2.16. The molecule has 0 spiro atoms. The monoisotopic (exact) mass is 430 g/mol. The van der Waals surface area contributed by atoms with Gasteiger partial charge in [-0.1, -0.05) is 29.0 Å². The number of nitro benzene ring substituents is 1. The molecule has 0 fully saturated rings. The van der Waals surface area contributed by atoms with Crippen molar-refractivity contribution in [2.24, 2.45) is 4.99 Å². The van der Waals surface area contributed by atoms with Gasteiger partial charge < -0.3 is 9.88 Å². The van der Waals surface area contributed by atoms with Crippen LogP contribution in [0.25, 0.3) is 10.2 Å². The number of hydrogen-bond donors (Lipinski definition) is 1. The van der Waals surface area contributed by atoms with Gasteiger partial charge in [-0.25, -0.2) is 0 Å². The van der Waals surface area contributed by atoms with Crippen molar-refractivity contribution in [3.05, 3.63) is 74.6 Å². The molecule has 148 valence electrons. The maximum atomic E-state index is 12.7. The van der Waals surface area contributed by atoms with Gasteiger partial charge in [0.05, 0.1) is 15.1 Å². The van der Waals surface area contributed by atoms with Crippen molar-refractivity contribution < 1.29 is 14.5 Å². The van der Waals surface area contributed by atoms with E-state index in [0.717, 1.165) is 10.2 Å². The van der Waals surface area contributed by atoms with Gasteiger partial charge in [-0.2, -0.15) is 4.99 Å². The second-order valence-electron chi connectivity index (χ2n) is 5.98. The van der Waals surface area contributed by atoms with Crippen molar-refractivity contribution >= 4 is 56.3 Å². The van der Waals surface area contributed by atoms with E-state index in [2.05, 4.69) is 16.9 Å². The van der Waals surface area contributed by atoms with Gasteiger partial charge in [-0.3, -0.25) is 19.7 Å². The van der Waals surface area contributed by atoms with Gasteiger partial charge >= 0.3 is 0 Å². The number of carbonyl (C=O) groups excluding carboxylic acids is 2. The van der Waals surface area contributed by atoms with Crippen LogP contribution < -0.4 is 10.1 Å². The number of nitrogens with zero attached hydrogens (tertiary/aromatic N) is 3. The zero-order valence-corrected chi connectivity index (χ0v) is 16.8. The van der Waals surface area contributed by atoms with Crippen molar-refractivity contribution in [2.45, 2.75) is 13.5 Å². The predicted octanol–water partition coefficient (Wildman–Crippen LogP) is 4.15. The Labute approximate surface area is 173 Å². The third kappa shape index (κ3) is 4.41. The maximum absolute atomic E-state index is 12.7. The van der Waals surface area contributed by atoms with Crippen molar-refractivity contribution in [3.8, 4) is 0 Å². The van der Waals surface area contributed by atoms with E-state index in [0.29, 0.717) is 17.0 Å². The summed E-state index contributed by atoms with van der Waals surface area (Å²) in [6.45, 7) is 5.51. The van der Waals surface area contributed by atoms with Crippen LogP contribution in [0.3, 0.4) is 0 Å². The van der Waals surface area contributed by atoms with E-state index < -0.39 is 10.8 Å². The van der Waals surface area contributed by atoms with E-state index in [1.165, 1.54) is 36.5 Å². The lowest BCUT2D eigenvalue weighted by molar-refractivity contribution is -0.385. The average molecular weight is 431 g/mol. The number of benzene rings is 2. The summed E-state index contributed by atoms with van der Waals surface area (Å²) in [5, 5.41) is 14.1. The van der Waals surface area contributed by atoms with Crippen LogP contribution in [0.1, 0.15) is 17.3 Å². The van der Waals surface area contributed by atoms with Gasteiger partial charge in [0.15, 0.2) is 4.80 Å². The molecule has 0 bridgehead atoms. The Kier molecular flexibility index (Phi) is 5.90. The molecule has 29 heavy (non-hydrogen) atoms. The minimum absolute atomic E-state index is 0.191. The third-order valence-corrected chi connectivity index (χ3v) is 5.17. The minimum atomic E-state index is -0.773. The lowest BCUT2D eigenvalue weighted by Gasteiger charge is -2.04. The number of thiazole rings is 1. The Hall–Kier alpha value is -3.30. The smallest absolute Gasteiger partial charge is 0.286 e. The van der Waals surface area contributed by atoms with Gasteiger partial charge in [0.2, 0.25) is 5.91 Å². The summed E-state index contributed by atoms with van der Waals surface area (Å²) in [5.74, 6) is -0.973. The first-order valence-electron chi connectivity index (χ1n) is 8.35. The Morgan fingerprint density at radius 2 is 2.10 bits per heavy atom. The van der Waals surface area contributed by atoms with Crippen molar-refractivity contribution in [1.82, 2.24) is 4.57 Å². The van der Waals surface area contributed by atoms with Crippen molar-refractivity contribution in [3.63, 3.8) is 0 Å². The third-order valence-electron chi connectivity index (χ3n) is 3.90.